The van der Waals surface area contributed by atoms with Gasteiger partial charge in [-0.15, -0.1) is 0 Å². The van der Waals surface area contributed by atoms with E-state index < -0.39 is 18.0 Å². The van der Waals surface area contributed by atoms with Gasteiger partial charge in [-0.3, -0.25) is 10.1 Å². The van der Waals surface area contributed by atoms with E-state index in [1.165, 1.54) is 6.21 Å². The molecule has 0 aromatic heterocycles. The number of ether oxygens (including phenoxy) is 1. The summed E-state index contributed by atoms with van der Waals surface area (Å²) in [5.74, 6) is 4.72. The Morgan fingerprint density at radius 2 is 1.88 bits per heavy atom. The van der Waals surface area contributed by atoms with Gasteiger partial charge in [-0.25, -0.2) is 4.79 Å². The van der Waals surface area contributed by atoms with Crippen molar-refractivity contribution in [3.05, 3.63) is 89.5 Å². The van der Waals surface area contributed by atoms with Gasteiger partial charge in [-0.2, -0.15) is 10.4 Å². The zero-order valence-corrected chi connectivity index (χ0v) is 18.7. The minimum atomic E-state index is -0.799. The zero-order valence-electron chi connectivity index (χ0n) is 18.7. The fourth-order valence-corrected chi connectivity index (χ4v) is 3.47. The highest BCUT2D eigenvalue weighted by Crippen LogP contribution is 2.25. The average Bonchev–Trinajstić information content (AvgIpc) is 2.84. The van der Waals surface area contributed by atoms with Crippen molar-refractivity contribution in [2.24, 2.45) is 10.9 Å². The lowest BCUT2D eigenvalue weighted by molar-refractivity contribution is -0.121. The van der Waals surface area contributed by atoms with Crippen LogP contribution in [0.1, 0.15) is 23.6 Å². The second-order valence-electron chi connectivity index (χ2n) is 7.37. The lowest BCUT2D eigenvalue weighted by Crippen LogP contribution is -2.44. The molecule has 8 heteroatoms. The van der Waals surface area contributed by atoms with Crippen LogP contribution >= 0.6 is 0 Å². The Kier molecular flexibility index (Phi) is 8.36. The molecule has 0 aliphatic carbocycles. The maximum absolute atomic E-state index is 12.9. The second kappa shape index (κ2) is 11.8. The van der Waals surface area contributed by atoms with Gasteiger partial charge in [0.2, 0.25) is 0 Å². The molecular formula is C26H25N5O3. The average molecular weight is 456 g/mol. The smallest absolute Gasteiger partial charge is 0.413 e. The number of nitrogens with one attached hydrogen (secondary N) is 2. The quantitative estimate of drug-likeness (QED) is 0.269. The number of rotatable bonds is 8. The monoisotopic (exact) mass is 455 g/mol. The van der Waals surface area contributed by atoms with Crippen molar-refractivity contribution in [3.8, 4) is 17.2 Å². The molecule has 4 N–H and O–H groups in total. The summed E-state index contributed by atoms with van der Waals surface area (Å²) in [6, 6.07) is 23.6. The first kappa shape index (κ1) is 24.0. The number of hydrazone groups is 1. The van der Waals surface area contributed by atoms with Crippen LogP contribution in [0.3, 0.4) is 0 Å². The molecule has 0 aliphatic heterocycles. The number of hydrogen-bond donors (Lipinski definition) is 3. The van der Waals surface area contributed by atoms with Crippen LogP contribution < -0.4 is 16.5 Å². The topological polar surface area (TPSA) is 130 Å². The summed E-state index contributed by atoms with van der Waals surface area (Å²) < 4.78 is 4.84. The van der Waals surface area contributed by atoms with Gasteiger partial charge in [-0.1, -0.05) is 54.6 Å². The van der Waals surface area contributed by atoms with Gasteiger partial charge in [0.15, 0.2) is 0 Å². The third-order valence-corrected chi connectivity index (χ3v) is 5.02. The van der Waals surface area contributed by atoms with Crippen LogP contribution in [0.2, 0.25) is 0 Å². The van der Waals surface area contributed by atoms with E-state index in [1.807, 2.05) is 66.7 Å². The number of nitrogens with two attached hydrogens (primary N) is 1. The van der Waals surface area contributed by atoms with E-state index in [4.69, 9.17) is 10.6 Å². The summed E-state index contributed by atoms with van der Waals surface area (Å²) in [6.07, 6.45) is 1.02. The minimum Gasteiger partial charge on any atom is -0.450 e. The molecular weight excluding hydrogens is 430 g/mol. The van der Waals surface area contributed by atoms with E-state index in [0.717, 1.165) is 22.3 Å². The first-order valence-electron chi connectivity index (χ1n) is 10.7. The fraction of sp³-hybridized carbons (Fsp3) is 0.154. The number of carbonyl (C=O) groups excluding carboxylic acids is 2. The SMILES string of the molecule is CCOC(=O)NC(=O)[C@H](Cc1cccc(C=NN)c1)Nc1ccc(-c2ccccc2C#N)cc1. The number of nitrogens with zero attached hydrogens (tertiary/aromatic N) is 2. The number of benzene rings is 3. The molecule has 0 radical (unpaired) electrons. The molecule has 0 aliphatic rings. The van der Waals surface area contributed by atoms with Gasteiger partial charge in [0.25, 0.3) is 5.91 Å². The molecule has 0 fully saturated rings. The molecule has 1 atom stereocenters. The number of amides is 2. The standard InChI is InChI=1S/C26H25N5O3/c1-2-34-26(33)31-25(32)24(15-18-6-5-7-19(14-18)17-29-28)30-22-12-10-20(11-13-22)23-9-4-3-8-21(23)16-27/h3-14,17,24,30H,2,15,28H2,1H3,(H,31,32,33)/t24-/m0/s1. The van der Waals surface area contributed by atoms with Crippen LogP contribution in [0.4, 0.5) is 10.5 Å². The van der Waals surface area contributed by atoms with E-state index in [0.29, 0.717) is 17.7 Å². The fourth-order valence-electron chi connectivity index (χ4n) is 3.47. The number of imide groups is 1. The number of alkyl carbamates (subject to hydrolysis) is 1. The summed E-state index contributed by atoms with van der Waals surface area (Å²) in [5.41, 5.74) is 4.62. The molecule has 0 spiro atoms. The Labute approximate surface area is 198 Å². The van der Waals surface area contributed by atoms with Crippen molar-refractivity contribution >= 4 is 23.9 Å². The highest BCUT2D eigenvalue weighted by molar-refractivity contribution is 5.96. The highest BCUT2D eigenvalue weighted by atomic mass is 16.5. The van der Waals surface area contributed by atoms with Crippen LogP contribution in [-0.4, -0.2) is 30.9 Å². The van der Waals surface area contributed by atoms with Gasteiger partial charge < -0.3 is 15.9 Å². The van der Waals surface area contributed by atoms with Crippen molar-refractivity contribution in [3.63, 3.8) is 0 Å². The van der Waals surface area contributed by atoms with Crippen molar-refractivity contribution in [1.82, 2.24) is 5.32 Å². The van der Waals surface area contributed by atoms with E-state index >= 15 is 0 Å². The van der Waals surface area contributed by atoms with Gasteiger partial charge in [0.05, 0.1) is 24.5 Å². The van der Waals surface area contributed by atoms with E-state index in [1.54, 1.807) is 13.0 Å². The van der Waals surface area contributed by atoms with Crippen LogP contribution in [-0.2, 0) is 16.0 Å². The van der Waals surface area contributed by atoms with Crippen LogP contribution in [0.5, 0.6) is 0 Å². The van der Waals surface area contributed by atoms with Crippen molar-refractivity contribution < 1.29 is 14.3 Å². The Morgan fingerprint density at radius 1 is 1.12 bits per heavy atom. The molecule has 2 amide bonds. The van der Waals surface area contributed by atoms with Crippen LogP contribution in [0.25, 0.3) is 11.1 Å². The largest absolute Gasteiger partial charge is 0.450 e. The van der Waals surface area contributed by atoms with Crippen molar-refractivity contribution in [2.45, 2.75) is 19.4 Å². The molecule has 3 rings (SSSR count). The molecule has 3 aromatic carbocycles. The van der Waals surface area contributed by atoms with Gasteiger partial charge >= 0.3 is 6.09 Å². The maximum atomic E-state index is 12.9. The predicted molar refractivity (Wildman–Crippen MR) is 131 cm³/mol. The molecule has 0 bridgehead atoms. The predicted octanol–water partition coefficient (Wildman–Crippen LogP) is 3.81. The second-order valence-corrected chi connectivity index (χ2v) is 7.37. The van der Waals surface area contributed by atoms with Gasteiger partial charge in [0.1, 0.15) is 6.04 Å². The summed E-state index contributed by atoms with van der Waals surface area (Å²) >= 11 is 0. The molecule has 0 unspecified atom stereocenters. The zero-order chi connectivity index (χ0) is 24.3. The maximum Gasteiger partial charge on any atom is 0.413 e. The van der Waals surface area contributed by atoms with E-state index in [-0.39, 0.29) is 6.61 Å². The number of hydrogen-bond acceptors (Lipinski definition) is 7. The van der Waals surface area contributed by atoms with E-state index in [9.17, 15) is 14.9 Å². The first-order chi connectivity index (χ1) is 16.5. The molecule has 0 heterocycles. The molecule has 34 heavy (non-hydrogen) atoms. The van der Waals surface area contributed by atoms with Crippen molar-refractivity contribution in [2.75, 3.05) is 11.9 Å². The Hall–Kier alpha value is -4.64. The van der Waals surface area contributed by atoms with E-state index in [2.05, 4.69) is 21.8 Å². The summed E-state index contributed by atoms with van der Waals surface area (Å²) in [7, 11) is 0. The summed E-state index contributed by atoms with van der Waals surface area (Å²) in [4.78, 5) is 24.7. The minimum absolute atomic E-state index is 0.156. The third-order valence-electron chi connectivity index (χ3n) is 5.02. The van der Waals surface area contributed by atoms with Gasteiger partial charge in [0, 0.05) is 12.1 Å². The lowest BCUT2D eigenvalue weighted by Gasteiger charge is -2.20. The number of anilines is 1. The normalized spacial score (nSPS) is 11.4. The molecule has 3 aromatic rings. The van der Waals surface area contributed by atoms with Crippen molar-refractivity contribution in [1.29, 1.82) is 5.26 Å². The molecule has 0 saturated heterocycles. The summed E-state index contributed by atoms with van der Waals surface area (Å²) in [6.45, 7) is 1.82. The van der Waals surface area contributed by atoms with Gasteiger partial charge in [-0.05, 0) is 47.4 Å². The molecule has 8 nitrogen and oxygen atoms in total. The third kappa shape index (κ3) is 6.43. The first-order valence-corrected chi connectivity index (χ1v) is 10.7. The van der Waals surface area contributed by atoms with Crippen LogP contribution in [0, 0.1) is 11.3 Å². The Balaban J connectivity index is 1.83. The number of nitriles is 1. The Morgan fingerprint density at radius 3 is 2.59 bits per heavy atom. The van der Waals surface area contributed by atoms with Crippen LogP contribution in [0.15, 0.2) is 77.9 Å². The molecule has 172 valence electrons. The number of carbonyl (C=O) groups is 2. The summed E-state index contributed by atoms with van der Waals surface area (Å²) in [5, 5.41) is 18.4. The lowest BCUT2D eigenvalue weighted by atomic mass is 9.99. The molecule has 0 saturated carbocycles. The Bertz CT molecular complexity index is 1220. The highest BCUT2D eigenvalue weighted by Gasteiger charge is 2.22.